The second kappa shape index (κ2) is 4.48. The van der Waals surface area contributed by atoms with E-state index in [0.717, 1.165) is 23.2 Å². The molecule has 3 rings (SSSR count). The number of rotatable bonds is 3. The Bertz CT molecular complexity index is 773. The zero-order valence-electron chi connectivity index (χ0n) is 11.8. The van der Waals surface area contributed by atoms with E-state index in [1.807, 2.05) is 6.92 Å². The fraction of sp³-hybridized carbons (Fsp3) is 0.500. The van der Waals surface area contributed by atoms with Crippen LogP contribution < -0.4 is 5.73 Å². The summed E-state index contributed by atoms with van der Waals surface area (Å²) in [7, 11) is -3.27. The SMILES string of the molecule is Cc1nn2c(N)cc(S(C)(=O)=O)cc2c1CC1CCC1. The number of hydrogen-bond acceptors (Lipinski definition) is 4. The van der Waals surface area contributed by atoms with Crippen molar-refractivity contribution >= 4 is 21.2 Å². The fourth-order valence-electron chi connectivity index (χ4n) is 2.76. The first-order valence-electron chi connectivity index (χ1n) is 6.84. The molecule has 0 radical (unpaired) electrons. The molecule has 0 aromatic carbocycles. The van der Waals surface area contributed by atoms with Crippen LogP contribution in [0.1, 0.15) is 30.5 Å². The summed E-state index contributed by atoms with van der Waals surface area (Å²) >= 11 is 0. The highest BCUT2D eigenvalue weighted by Crippen LogP contribution is 2.33. The zero-order valence-corrected chi connectivity index (χ0v) is 12.6. The second-order valence-corrected chi connectivity index (χ2v) is 7.77. The fourth-order valence-corrected chi connectivity index (χ4v) is 3.42. The van der Waals surface area contributed by atoms with Crippen molar-refractivity contribution in [3.63, 3.8) is 0 Å². The van der Waals surface area contributed by atoms with E-state index in [1.54, 1.807) is 10.6 Å². The lowest BCUT2D eigenvalue weighted by Crippen LogP contribution is -2.14. The van der Waals surface area contributed by atoms with Gasteiger partial charge in [-0.2, -0.15) is 5.10 Å². The molecule has 1 aliphatic rings. The van der Waals surface area contributed by atoms with Gasteiger partial charge in [0.05, 0.1) is 16.1 Å². The van der Waals surface area contributed by atoms with Crippen molar-refractivity contribution in [2.75, 3.05) is 12.0 Å². The van der Waals surface area contributed by atoms with Gasteiger partial charge in [0.1, 0.15) is 5.82 Å². The predicted octanol–water partition coefficient (Wildman–Crippen LogP) is 1.97. The monoisotopic (exact) mass is 293 g/mol. The van der Waals surface area contributed by atoms with Crippen LogP contribution in [0.15, 0.2) is 17.0 Å². The Labute approximate surface area is 118 Å². The molecule has 2 heterocycles. The molecule has 2 aromatic heterocycles. The number of aromatic nitrogens is 2. The van der Waals surface area contributed by atoms with E-state index in [9.17, 15) is 8.42 Å². The standard InChI is InChI=1S/C14H19N3O2S/c1-9-12(6-10-4-3-5-10)13-7-11(20(2,18)19)8-14(15)17(13)16-9/h7-8,10H,3-6,15H2,1-2H3. The minimum Gasteiger partial charge on any atom is -0.384 e. The predicted molar refractivity (Wildman–Crippen MR) is 78.5 cm³/mol. The van der Waals surface area contributed by atoms with Crippen LogP contribution in [0.3, 0.4) is 0 Å². The average molecular weight is 293 g/mol. The van der Waals surface area contributed by atoms with Crippen LogP contribution in [0.25, 0.3) is 5.52 Å². The molecule has 1 saturated carbocycles. The van der Waals surface area contributed by atoms with E-state index in [1.165, 1.54) is 31.6 Å². The lowest BCUT2D eigenvalue weighted by molar-refractivity contribution is 0.315. The number of nitrogens with zero attached hydrogens (tertiary/aromatic N) is 2. The quantitative estimate of drug-likeness (QED) is 0.938. The summed E-state index contributed by atoms with van der Waals surface area (Å²) in [5, 5.41) is 4.44. The van der Waals surface area contributed by atoms with Gasteiger partial charge in [-0.15, -0.1) is 0 Å². The molecule has 2 aromatic rings. The van der Waals surface area contributed by atoms with E-state index in [4.69, 9.17) is 5.73 Å². The first-order valence-corrected chi connectivity index (χ1v) is 8.73. The second-order valence-electron chi connectivity index (χ2n) is 5.75. The molecule has 108 valence electrons. The maximum Gasteiger partial charge on any atom is 0.175 e. The highest BCUT2D eigenvalue weighted by atomic mass is 32.2. The minimum atomic E-state index is -3.27. The normalized spacial score (nSPS) is 16.5. The van der Waals surface area contributed by atoms with Crippen molar-refractivity contribution < 1.29 is 8.42 Å². The number of fused-ring (bicyclic) bond motifs is 1. The third-order valence-corrected chi connectivity index (χ3v) is 5.28. The molecule has 0 bridgehead atoms. The summed E-state index contributed by atoms with van der Waals surface area (Å²) in [6.07, 6.45) is 5.95. The zero-order chi connectivity index (χ0) is 14.5. The average Bonchev–Trinajstić information content (AvgIpc) is 2.60. The summed E-state index contributed by atoms with van der Waals surface area (Å²) < 4.78 is 25.2. The number of pyridine rings is 1. The van der Waals surface area contributed by atoms with Gasteiger partial charge in [0.25, 0.3) is 0 Å². The van der Waals surface area contributed by atoms with Crippen molar-refractivity contribution in [2.45, 2.75) is 37.5 Å². The Balaban J connectivity index is 2.18. The molecule has 0 amide bonds. The number of anilines is 1. The summed E-state index contributed by atoms with van der Waals surface area (Å²) in [6, 6.07) is 3.17. The van der Waals surface area contributed by atoms with E-state index in [-0.39, 0.29) is 4.90 Å². The van der Waals surface area contributed by atoms with E-state index >= 15 is 0 Å². The lowest BCUT2D eigenvalue weighted by atomic mass is 9.81. The summed E-state index contributed by atoms with van der Waals surface area (Å²) in [6.45, 7) is 1.96. The third kappa shape index (κ3) is 2.18. The maximum absolute atomic E-state index is 11.8. The van der Waals surface area contributed by atoms with Crippen molar-refractivity contribution in [1.82, 2.24) is 9.61 Å². The molecule has 1 fully saturated rings. The summed E-state index contributed by atoms with van der Waals surface area (Å²) in [5.74, 6) is 1.07. The topological polar surface area (TPSA) is 77.5 Å². The van der Waals surface area contributed by atoms with Crippen molar-refractivity contribution in [2.24, 2.45) is 5.92 Å². The minimum absolute atomic E-state index is 0.261. The van der Waals surface area contributed by atoms with Crippen molar-refractivity contribution in [3.05, 3.63) is 23.4 Å². The van der Waals surface area contributed by atoms with Crippen LogP contribution in [0.2, 0.25) is 0 Å². The molecule has 2 N–H and O–H groups in total. The molecular weight excluding hydrogens is 274 g/mol. The highest BCUT2D eigenvalue weighted by molar-refractivity contribution is 7.90. The summed E-state index contributed by atoms with van der Waals surface area (Å²) in [5.41, 5.74) is 8.85. The van der Waals surface area contributed by atoms with Gasteiger partial charge in [0, 0.05) is 11.8 Å². The Morgan fingerprint density at radius 3 is 2.65 bits per heavy atom. The van der Waals surface area contributed by atoms with Gasteiger partial charge in [-0.1, -0.05) is 19.3 Å². The molecule has 1 aliphatic carbocycles. The smallest absolute Gasteiger partial charge is 0.175 e. The molecule has 0 aliphatic heterocycles. The maximum atomic E-state index is 11.8. The van der Waals surface area contributed by atoms with Gasteiger partial charge >= 0.3 is 0 Å². The largest absolute Gasteiger partial charge is 0.384 e. The van der Waals surface area contributed by atoms with Gasteiger partial charge in [-0.3, -0.25) is 0 Å². The first kappa shape index (κ1) is 13.4. The van der Waals surface area contributed by atoms with E-state index < -0.39 is 9.84 Å². The lowest BCUT2D eigenvalue weighted by Gasteiger charge is -2.25. The van der Waals surface area contributed by atoms with Crippen molar-refractivity contribution in [1.29, 1.82) is 0 Å². The Morgan fingerprint density at radius 1 is 1.40 bits per heavy atom. The number of hydrogen-bond donors (Lipinski definition) is 1. The Kier molecular flexibility index (Phi) is 3.01. The van der Waals surface area contributed by atoms with Crippen LogP contribution in [-0.2, 0) is 16.3 Å². The van der Waals surface area contributed by atoms with Crippen LogP contribution in [0.5, 0.6) is 0 Å². The van der Waals surface area contributed by atoms with E-state index in [0.29, 0.717) is 11.7 Å². The number of nitrogen functional groups attached to an aromatic ring is 1. The molecule has 0 atom stereocenters. The van der Waals surface area contributed by atoms with Gasteiger partial charge in [-0.05, 0) is 31.4 Å². The Hall–Kier alpha value is -1.56. The van der Waals surface area contributed by atoms with E-state index in [2.05, 4.69) is 5.10 Å². The van der Waals surface area contributed by atoms with Crippen LogP contribution in [0, 0.1) is 12.8 Å². The molecule has 0 saturated heterocycles. The van der Waals surface area contributed by atoms with Crippen LogP contribution in [0.4, 0.5) is 5.82 Å². The molecule has 6 heteroatoms. The number of nitrogens with two attached hydrogens (primary N) is 1. The molecule has 0 unspecified atom stereocenters. The summed E-state index contributed by atoms with van der Waals surface area (Å²) in [4.78, 5) is 0.261. The molecular formula is C14H19N3O2S. The third-order valence-electron chi connectivity index (χ3n) is 4.18. The van der Waals surface area contributed by atoms with Gasteiger partial charge in [0.15, 0.2) is 9.84 Å². The van der Waals surface area contributed by atoms with Gasteiger partial charge in [0.2, 0.25) is 0 Å². The molecule has 5 nitrogen and oxygen atoms in total. The molecule has 0 spiro atoms. The van der Waals surface area contributed by atoms with Crippen LogP contribution >= 0.6 is 0 Å². The Morgan fingerprint density at radius 2 is 2.10 bits per heavy atom. The van der Waals surface area contributed by atoms with Crippen LogP contribution in [-0.4, -0.2) is 24.3 Å². The van der Waals surface area contributed by atoms with Gasteiger partial charge in [-0.25, -0.2) is 12.9 Å². The van der Waals surface area contributed by atoms with Gasteiger partial charge < -0.3 is 5.73 Å². The molecule has 20 heavy (non-hydrogen) atoms. The van der Waals surface area contributed by atoms with Crippen molar-refractivity contribution in [3.8, 4) is 0 Å². The highest BCUT2D eigenvalue weighted by Gasteiger charge is 2.22. The number of sulfone groups is 1. The first-order chi connectivity index (χ1) is 9.36. The number of aryl methyl sites for hydroxylation is 1.